The van der Waals surface area contributed by atoms with Gasteiger partial charge in [-0.05, 0) is 18.2 Å². The molecule has 6 heteroatoms. The Bertz CT molecular complexity index is 651. The fraction of sp³-hybridized carbons (Fsp3) is 0.231. The molecule has 3 rings (SSSR count). The molecule has 98 valence electrons. The molecule has 19 heavy (non-hydrogen) atoms. The Labute approximate surface area is 118 Å². The highest BCUT2D eigenvalue weighted by Crippen LogP contribution is 2.34. The predicted octanol–water partition coefficient (Wildman–Crippen LogP) is 2.49. The van der Waals surface area contributed by atoms with Gasteiger partial charge < -0.3 is 14.0 Å². The number of aromatic nitrogens is 2. The first-order valence-electron chi connectivity index (χ1n) is 5.77. The summed E-state index contributed by atoms with van der Waals surface area (Å²) in [5, 5.41) is 0. The van der Waals surface area contributed by atoms with Crippen LogP contribution in [-0.2, 0) is 11.3 Å². The van der Waals surface area contributed by atoms with Gasteiger partial charge >= 0.3 is 5.97 Å². The van der Waals surface area contributed by atoms with Crippen molar-refractivity contribution in [3.8, 4) is 17.1 Å². The van der Waals surface area contributed by atoms with Crippen molar-refractivity contribution in [2.75, 3.05) is 13.7 Å². The van der Waals surface area contributed by atoms with Crippen molar-refractivity contribution in [2.24, 2.45) is 0 Å². The van der Waals surface area contributed by atoms with Crippen molar-refractivity contribution >= 4 is 21.9 Å². The Morgan fingerprint density at radius 2 is 2.37 bits per heavy atom. The molecule has 5 nitrogen and oxygen atoms in total. The smallest absolute Gasteiger partial charge is 0.358 e. The molecule has 1 aliphatic rings. The van der Waals surface area contributed by atoms with Gasteiger partial charge in [0, 0.05) is 10.7 Å². The third-order valence-electron chi connectivity index (χ3n) is 2.95. The largest absolute Gasteiger partial charge is 0.491 e. The van der Waals surface area contributed by atoms with Crippen LogP contribution in [0.15, 0.2) is 28.9 Å². The van der Waals surface area contributed by atoms with Crippen LogP contribution in [0.5, 0.6) is 5.75 Å². The lowest BCUT2D eigenvalue weighted by molar-refractivity contribution is 0.0594. The molecule has 0 radical (unpaired) electrons. The molecule has 0 fully saturated rings. The van der Waals surface area contributed by atoms with Gasteiger partial charge in [-0.15, -0.1) is 0 Å². The van der Waals surface area contributed by atoms with E-state index in [-0.39, 0.29) is 0 Å². The van der Waals surface area contributed by atoms with Crippen LogP contribution in [0.2, 0.25) is 0 Å². The number of hydrogen-bond donors (Lipinski definition) is 0. The van der Waals surface area contributed by atoms with Gasteiger partial charge in [0.05, 0.1) is 19.2 Å². The fourth-order valence-electron chi connectivity index (χ4n) is 2.06. The van der Waals surface area contributed by atoms with Gasteiger partial charge in [0.2, 0.25) is 0 Å². The third kappa shape index (κ3) is 2.12. The number of carbonyl (C=O) groups excluding carboxylic acids is 1. The van der Waals surface area contributed by atoms with Crippen molar-refractivity contribution < 1.29 is 14.3 Å². The Morgan fingerprint density at radius 1 is 1.53 bits per heavy atom. The van der Waals surface area contributed by atoms with Crippen LogP contribution < -0.4 is 4.74 Å². The molecule has 1 aromatic carbocycles. The first kappa shape index (κ1) is 12.2. The number of carbonyl (C=O) groups is 1. The van der Waals surface area contributed by atoms with Gasteiger partial charge in [-0.2, -0.15) is 0 Å². The Balaban J connectivity index is 2.14. The number of imidazole rings is 1. The van der Waals surface area contributed by atoms with Crippen LogP contribution in [0.25, 0.3) is 11.4 Å². The number of methoxy groups -OCH3 is 1. The van der Waals surface area contributed by atoms with Gasteiger partial charge in [0.25, 0.3) is 0 Å². The van der Waals surface area contributed by atoms with Gasteiger partial charge in [-0.3, -0.25) is 0 Å². The molecule has 0 saturated heterocycles. The van der Waals surface area contributed by atoms with Crippen LogP contribution in [0.4, 0.5) is 0 Å². The molecule has 2 aromatic rings. The summed E-state index contributed by atoms with van der Waals surface area (Å²) in [6.45, 7) is 1.18. The normalized spacial score (nSPS) is 12.9. The molecule has 0 amide bonds. The van der Waals surface area contributed by atoms with Crippen LogP contribution in [0.1, 0.15) is 10.5 Å². The first-order valence-corrected chi connectivity index (χ1v) is 6.56. The Morgan fingerprint density at radius 3 is 3.16 bits per heavy atom. The maximum Gasteiger partial charge on any atom is 0.358 e. The minimum Gasteiger partial charge on any atom is -0.491 e. The number of esters is 1. The number of benzene rings is 1. The van der Waals surface area contributed by atoms with E-state index in [1.54, 1.807) is 6.20 Å². The van der Waals surface area contributed by atoms with Crippen LogP contribution in [0, 0.1) is 0 Å². The van der Waals surface area contributed by atoms with Gasteiger partial charge in [0.15, 0.2) is 5.69 Å². The maximum absolute atomic E-state index is 11.5. The number of ether oxygens (including phenoxy) is 2. The number of hydrogen-bond acceptors (Lipinski definition) is 4. The molecule has 1 aliphatic heterocycles. The molecule has 0 bridgehead atoms. The summed E-state index contributed by atoms with van der Waals surface area (Å²) in [6, 6.07) is 5.74. The molecule has 0 unspecified atom stereocenters. The second-order valence-electron chi connectivity index (χ2n) is 4.12. The van der Waals surface area contributed by atoms with E-state index in [0.717, 1.165) is 21.6 Å². The van der Waals surface area contributed by atoms with E-state index in [1.807, 2.05) is 22.8 Å². The van der Waals surface area contributed by atoms with E-state index in [2.05, 4.69) is 20.9 Å². The van der Waals surface area contributed by atoms with E-state index in [9.17, 15) is 4.79 Å². The summed E-state index contributed by atoms with van der Waals surface area (Å²) in [5.41, 5.74) is 1.18. The van der Waals surface area contributed by atoms with Crippen LogP contribution >= 0.6 is 15.9 Å². The second-order valence-corrected chi connectivity index (χ2v) is 5.04. The molecule has 1 aromatic heterocycles. The van der Waals surface area contributed by atoms with Crippen LogP contribution in [0.3, 0.4) is 0 Å². The highest BCUT2D eigenvalue weighted by molar-refractivity contribution is 9.10. The molecule has 0 aliphatic carbocycles. The van der Waals surface area contributed by atoms with Gasteiger partial charge in [0.1, 0.15) is 18.2 Å². The summed E-state index contributed by atoms with van der Waals surface area (Å²) in [7, 11) is 1.35. The summed E-state index contributed by atoms with van der Waals surface area (Å²) in [5.74, 6) is 1.05. The molecular weight excluding hydrogens is 312 g/mol. The zero-order chi connectivity index (χ0) is 13.4. The minimum atomic E-state index is -0.430. The van der Waals surface area contributed by atoms with E-state index in [4.69, 9.17) is 9.47 Å². The summed E-state index contributed by atoms with van der Waals surface area (Å²) >= 11 is 3.41. The van der Waals surface area contributed by atoms with Gasteiger partial charge in [-0.25, -0.2) is 9.78 Å². The van der Waals surface area contributed by atoms with E-state index in [1.165, 1.54) is 7.11 Å². The Hall–Kier alpha value is -1.82. The quantitative estimate of drug-likeness (QED) is 0.757. The van der Waals surface area contributed by atoms with E-state index < -0.39 is 5.97 Å². The standard InChI is InChI=1S/C13H11BrN2O3/c1-18-13(17)10-7-16-4-5-19-11-6-8(14)2-3-9(11)12(16)15-10/h2-3,6-7H,4-5H2,1H3. The monoisotopic (exact) mass is 322 g/mol. The number of nitrogens with zero attached hydrogens (tertiary/aromatic N) is 2. The third-order valence-corrected chi connectivity index (χ3v) is 3.44. The van der Waals surface area contributed by atoms with Crippen molar-refractivity contribution in [3.63, 3.8) is 0 Å². The van der Waals surface area contributed by atoms with Crippen molar-refractivity contribution in [1.29, 1.82) is 0 Å². The van der Waals surface area contributed by atoms with Crippen molar-refractivity contribution in [2.45, 2.75) is 6.54 Å². The summed E-state index contributed by atoms with van der Waals surface area (Å²) < 4.78 is 13.2. The predicted molar refractivity (Wildman–Crippen MR) is 72.2 cm³/mol. The first-order chi connectivity index (χ1) is 9.19. The molecule has 0 atom stereocenters. The molecular formula is C13H11BrN2O3. The van der Waals surface area contributed by atoms with Crippen molar-refractivity contribution in [3.05, 3.63) is 34.6 Å². The van der Waals surface area contributed by atoms with Crippen LogP contribution in [-0.4, -0.2) is 29.2 Å². The topological polar surface area (TPSA) is 53.4 Å². The minimum absolute atomic E-state index is 0.313. The van der Waals surface area contributed by atoms with Gasteiger partial charge in [-0.1, -0.05) is 15.9 Å². The average molecular weight is 323 g/mol. The number of rotatable bonds is 1. The summed E-state index contributed by atoms with van der Waals surface area (Å²) in [4.78, 5) is 15.9. The second kappa shape index (κ2) is 4.70. The number of fused-ring (bicyclic) bond motifs is 3. The Kier molecular flexibility index (Phi) is 3.02. The molecule has 0 N–H and O–H groups in total. The van der Waals surface area contributed by atoms with E-state index >= 15 is 0 Å². The highest BCUT2D eigenvalue weighted by atomic mass is 79.9. The summed E-state index contributed by atoms with van der Waals surface area (Å²) in [6.07, 6.45) is 1.70. The lowest BCUT2D eigenvalue weighted by Crippen LogP contribution is -2.05. The molecule has 2 heterocycles. The highest BCUT2D eigenvalue weighted by Gasteiger charge is 2.21. The fourth-order valence-corrected chi connectivity index (χ4v) is 2.40. The molecule has 0 saturated carbocycles. The lowest BCUT2D eigenvalue weighted by atomic mass is 10.2. The van der Waals surface area contributed by atoms with Crippen molar-refractivity contribution in [1.82, 2.24) is 9.55 Å². The van der Waals surface area contributed by atoms with E-state index in [0.29, 0.717) is 18.8 Å². The zero-order valence-electron chi connectivity index (χ0n) is 10.2. The average Bonchev–Trinajstić information content (AvgIpc) is 2.75. The maximum atomic E-state index is 11.5. The lowest BCUT2D eigenvalue weighted by Gasteiger charge is -2.06. The zero-order valence-corrected chi connectivity index (χ0v) is 11.8. The number of halogens is 1. The SMILES string of the molecule is COC(=O)c1cn2c(n1)-c1ccc(Br)cc1OCC2. The molecule has 0 spiro atoms.